The Morgan fingerprint density at radius 2 is 1.69 bits per heavy atom. The van der Waals surface area contributed by atoms with E-state index < -0.39 is 0 Å². The van der Waals surface area contributed by atoms with Crippen molar-refractivity contribution >= 4 is 0 Å². The molecule has 0 radical (unpaired) electrons. The SMILES string of the molecule is Cc1cc(C)c(CNC2CC2(C)C)cc1C. The van der Waals surface area contributed by atoms with Crippen LogP contribution in [0.25, 0.3) is 0 Å². The number of nitrogens with one attached hydrogen (secondary N) is 1. The largest absolute Gasteiger partial charge is 0.309 e. The van der Waals surface area contributed by atoms with E-state index in [-0.39, 0.29) is 0 Å². The molecule has 1 N–H and O–H groups in total. The zero-order valence-corrected chi connectivity index (χ0v) is 11.1. The van der Waals surface area contributed by atoms with Gasteiger partial charge in [-0.25, -0.2) is 0 Å². The van der Waals surface area contributed by atoms with Gasteiger partial charge in [-0.2, -0.15) is 0 Å². The zero-order chi connectivity index (χ0) is 11.9. The highest BCUT2D eigenvalue weighted by molar-refractivity contribution is 5.36. The van der Waals surface area contributed by atoms with Gasteiger partial charge in [-0.15, -0.1) is 0 Å². The minimum atomic E-state index is 0.521. The molecule has 88 valence electrons. The summed E-state index contributed by atoms with van der Waals surface area (Å²) in [5.74, 6) is 0. The van der Waals surface area contributed by atoms with E-state index in [2.05, 4.69) is 52.1 Å². The first-order chi connectivity index (χ1) is 7.40. The van der Waals surface area contributed by atoms with Crippen LogP contribution in [0, 0.1) is 26.2 Å². The third kappa shape index (κ3) is 2.30. The number of hydrogen-bond acceptors (Lipinski definition) is 1. The van der Waals surface area contributed by atoms with E-state index in [4.69, 9.17) is 0 Å². The van der Waals surface area contributed by atoms with Crippen molar-refractivity contribution in [1.29, 1.82) is 0 Å². The smallest absolute Gasteiger partial charge is 0.0211 e. The van der Waals surface area contributed by atoms with E-state index in [0.717, 1.165) is 6.54 Å². The number of hydrogen-bond donors (Lipinski definition) is 1. The number of benzene rings is 1. The van der Waals surface area contributed by atoms with Gasteiger partial charge in [0.25, 0.3) is 0 Å². The molecule has 1 atom stereocenters. The Kier molecular flexibility index (Phi) is 2.83. The van der Waals surface area contributed by atoms with Crippen molar-refractivity contribution < 1.29 is 0 Å². The van der Waals surface area contributed by atoms with E-state index >= 15 is 0 Å². The third-order valence-corrected chi connectivity index (χ3v) is 4.00. The second-order valence-electron chi connectivity index (χ2n) is 5.99. The van der Waals surface area contributed by atoms with Crippen LogP contribution in [0.15, 0.2) is 12.1 Å². The van der Waals surface area contributed by atoms with Gasteiger partial charge < -0.3 is 5.32 Å². The molecule has 1 heteroatoms. The molecule has 1 aliphatic carbocycles. The molecule has 1 aliphatic rings. The first-order valence-electron chi connectivity index (χ1n) is 6.20. The molecular weight excluding hydrogens is 194 g/mol. The highest BCUT2D eigenvalue weighted by atomic mass is 15.0. The van der Waals surface area contributed by atoms with Gasteiger partial charge in [0.05, 0.1) is 0 Å². The molecule has 0 saturated heterocycles. The van der Waals surface area contributed by atoms with Gasteiger partial charge in [0, 0.05) is 12.6 Å². The summed E-state index contributed by atoms with van der Waals surface area (Å²) in [5.41, 5.74) is 6.18. The first kappa shape index (κ1) is 11.7. The van der Waals surface area contributed by atoms with Crippen LogP contribution in [-0.2, 0) is 6.54 Å². The maximum Gasteiger partial charge on any atom is 0.0211 e. The second kappa shape index (κ2) is 3.89. The lowest BCUT2D eigenvalue weighted by molar-refractivity contribution is 0.541. The van der Waals surface area contributed by atoms with Crippen LogP contribution >= 0.6 is 0 Å². The van der Waals surface area contributed by atoms with Crippen molar-refractivity contribution in [1.82, 2.24) is 5.32 Å². The molecular formula is C15H23N. The summed E-state index contributed by atoms with van der Waals surface area (Å²) in [5, 5.41) is 3.65. The average Bonchev–Trinajstić information content (AvgIpc) is 2.78. The van der Waals surface area contributed by atoms with Crippen LogP contribution in [0.3, 0.4) is 0 Å². The Morgan fingerprint density at radius 1 is 1.12 bits per heavy atom. The molecule has 0 amide bonds. The fourth-order valence-electron chi connectivity index (χ4n) is 2.26. The summed E-state index contributed by atoms with van der Waals surface area (Å²) < 4.78 is 0. The summed E-state index contributed by atoms with van der Waals surface area (Å²) in [7, 11) is 0. The standard InChI is InChI=1S/C15H23N/c1-10-6-12(3)13(7-11(10)2)9-16-14-8-15(14,4)5/h6-7,14,16H,8-9H2,1-5H3. The lowest BCUT2D eigenvalue weighted by Gasteiger charge is -2.11. The topological polar surface area (TPSA) is 12.0 Å². The van der Waals surface area contributed by atoms with Crippen LogP contribution in [-0.4, -0.2) is 6.04 Å². The van der Waals surface area contributed by atoms with Crippen molar-refractivity contribution in [2.45, 2.75) is 53.6 Å². The fraction of sp³-hybridized carbons (Fsp3) is 0.600. The van der Waals surface area contributed by atoms with Gasteiger partial charge in [0.1, 0.15) is 0 Å². The van der Waals surface area contributed by atoms with Gasteiger partial charge in [-0.3, -0.25) is 0 Å². The van der Waals surface area contributed by atoms with Crippen molar-refractivity contribution in [3.8, 4) is 0 Å². The summed E-state index contributed by atoms with van der Waals surface area (Å²) in [6.07, 6.45) is 1.32. The minimum Gasteiger partial charge on any atom is -0.309 e. The predicted octanol–water partition coefficient (Wildman–Crippen LogP) is 3.50. The Labute approximate surface area is 99.3 Å². The molecule has 1 unspecified atom stereocenters. The second-order valence-corrected chi connectivity index (χ2v) is 5.99. The summed E-state index contributed by atoms with van der Waals surface area (Å²) in [6, 6.07) is 5.34. The number of rotatable bonds is 3. The third-order valence-electron chi connectivity index (χ3n) is 4.00. The molecule has 0 bridgehead atoms. The van der Waals surface area contributed by atoms with E-state index in [1.807, 2.05) is 0 Å². The van der Waals surface area contributed by atoms with Crippen molar-refractivity contribution in [3.63, 3.8) is 0 Å². The molecule has 16 heavy (non-hydrogen) atoms. The zero-order valence-electron chi connectivity index (χ0n) is 11.1. The minimum absolute atomic E-state index is 0.521. The molecule has 2 rings (SSSR count). The van der Waals surface area contributed by atoms with E-state index in [9.17, 15) is 0 Å². The Hall–Kier alpha value is -0.820. The molecule has 0 aromatic heterocycles. The molecule has 1 saturated carbocycles. The Bertz CT molecular complexity index is 404. The predicted molar refractivity (Wildman–Crippen MR) is 69.7 cm³/mol. The van der Waals surface area contributed by atoms with Crippen molar-refractivity contribution in [2.24, 2.45) is 5.41 Å². The molecule has 0 aliphatic heterocycles. The van der Waals surface area contributed by atoms with E-state index in [0.29, 0.717) is 11.5 Å². The molecule has 1 aromatic rings. The van der Waals surface area contributed by atoms with Crippen LogP contribution in [0.5, 0.6) is 0 Å². The van der Waals surface area contributed by atoms with Gasteiger partial charge in [0.2, 0.25) is 0 Å². The summed E-state index contributed by atoms with van der Waals surface area (Å²) in [4.78, 5) is 0. The Balaban J connectivity index is 2.02. The normalized spacial score (nSPS) is 22.2. The summed E-state index contributed by atoms with van der Waals surface area (Å²) in [6.45, 7) is 12.3. The van der Waals surface area contributed by atoms with Crippen LogP contribution in [0.4, 0.5) is 0 Å². The lowest BCUT2D eigenvalue weighted by Crippen LogP contribution is -2.20. The molecule has 0 spiro atoms. The first-order valence-corrected chi connectivity index (χ1v) is 6.20. The van der Waals surface area contributed by atoms with Gasteiger partial charge in [-0.1, -0.05) is 26.0 Å². The van der Waals surface area contributed by atoms with Gasteiger partial charge >= 0.3 is 0 Å². The highest BCUT2D eigenvalue weighted by Crippen LogP contribution is 2.44. The van der Waals surface area contributed by atoms with E-state index in [1.165, 1.54) is 28.7 Å². The quantitative estimate of drug-likeness (QED) is 0.817. The maximum atomic E-state index is 3.65. The molecule has 1 fully saturated rings. The monoisotopic (exact) mass is 217 g/mol. The van der Waals surface area contributed by atoms with Gasteiger partial charge in [-0.05, 0) is 54.9 Å². The van der Waals surface area contributed by atoms with Crippen LogP contribution in [0.1, 0.15) is 42.5 Å². The van der Waals surface area contributed by atoms with Crippen LogP contribution in [0.2, 0.25) is 0 Å². The average molecular weight is 217 g/mol. The van der Waals surface area contributed by atoms with Crippen molar-refractivity contribution in [2.75, 3.05) is 0 Å². The summed E-state index contributed by atoms with van der Waals surface area (Å²) >= 11 is 0. The van der Waals surface area contributed by atoms with Gasteiger partial charge in [0.15, 0.2) is 0 Å². The van der Waals surface area contributed by atoms with Crippen LogP contribution < -0.4 is 5.32 Å². The maximum absolute atomic E-state index is 3.65. The number of aryl methyl sites for hydroxylation is 3. The lowest BCUT2D eigenvalue weighted by atomic mass is 10.0. The molecule has 1 aromatic carbocycles. The molecule has 0 heterocycles. The van der Waals surface area contributed by atoms with E-state index in [1.54, 1.807) is 0 Å². The highest BCUT2D eigenvalue weighted by Gasteiger charge is 2.44. The Morgan fingerprint density at radius 3 is 2.25 bits per heavy atom. The molecule has 1 nitrogen and oxygen atoms in total. The van der Waals surface area contributed by atoms with Crippen molar-refractivity contribution in [3.05, 3.63) is 34.4 Å². The fourth-order valence-corrected chi connectivity index (χ4v) is 2.26.